The number of carbonyl (C=O) groups is 2. The van der Waals surface area contributed by atoms with Gasteiger partial charge < -0.3 is 0 Å². The third kappa shape index (κ3) is 3.16. The van der Waals surface area contributed by atoms with Crippen molar-refractivity contribution in [3.63, 3.8) is 0 Å². The van der Waals surface area contributed by atoms with Crippen LogP contribution in [0.1, 0.15) is 38.7 Å². The summed E-state index contributed by atoms with van der Waals surface area (Å²) in [7, 11) is 0. The lowest BCUT2D eigenvalue weighted by Crippen LogP contribution is -2.56. The Bertz CT molecular complexity index is 752. The molecule has 2 amide bonds. The molecule has 1 aromatic rings. The topological polar surface area (TPSA) is 40.6 Å². The molecule has 1 heterocycles. The second-order valence-corrected chi connectivity index (χ2v) is 6.54. The van der Waals surface area contributed by atoms with Crippen molar-refractivity contribution in [1.82, 2.24) is 9.80 Å². The van der Waals surface area contributed by atoms with Gasteiger partial charge in [0.1, 0.15) is 5.57 Å². The van der Waals surface area contributed by atoms with Crippen molar-refractivity contribution in [3.05, 3.63) is 53.1 Å². The normalized spacial score (nSPS) is 18.8. The van der Waals surface area contributed by atoms with Gasteiger partial charge in [0.2, 0.25) is 0 Å². The lowest BCUT2D eigenvalue weighted by atomic mass is 9.87. The molecular weight excluding hydrogens is 332 g/mol. The van der Waals surface area contributed by atoms with E-state index < -0.39 is 0 Å². The van der Waals surface area contributed by atoms with Gasteiger partial charge in [-0.2, -0.15) is 0 Å². The highest BCUT2D eigenvalue weighted by atomic mass is 32.1. The van der Waals surface area contributed by atoms with Gasteiger partial charge in [-0.25, -0.2) is 0 Å². The highest BCUT2D eigenvalue weighted by Crippen LogP contribution is 2.33. The number of hydrogen-bond acceptors (Lipinski definition) is 3. The standard InChI is InChI=1S/C20H22N2O2S/c1-3-21-18(23)17(19(24)22(4-2)20(21)25)16-12-8-11-15(13-16)14-9-6-5-7-10-14/h5-7,9-10,13H,3-4,8,11-12H2,1-2H3. The van der Waals surface area contributed by atoms with Gasteiger partial charge in [0.15, 0.2) is 5.11 Å². The summed E-state index contributed by atoms with van der Waals surface area (Å²) in [5, 5.41) is 0.312. The van der Waals surface area contributed by atoms with Crippen LogP contribution in [-0.2, 0) is 9.59 Å². The molecule has 0 N–H and O–H groups in total. The second-order valence-electron chi connectivity index (χ2n) is 6.17. The molecular formula is C20H22N2O2S. The molecule has 5 heteroatoms. The highest BCUT2D eigenvalue weighted by molar-refractivity contribution is 7.80. The molecule has 0 saturated carbocycles. The largest absolute Gasteiger partial charge is 0.285 e. The number of amides is 2. The quantitative estimate of drug-likeness (QED) is 0.473. The Morgan fingerprint density at radius 2 is 1.56 bits per heavy atom. The summed E-state index contributed by atoms with van der Waals surface area (Å²) in [6.45, 7) is 4.69. The number of benzene rings is 1. The van der Waals surface area contributed by atoms with E-state index >= 15 is 0 Å². The van der Waals surface area contributed by atoms with Crippen molar-refractivity contribution in [2.45, 2.75) is 33.1 Å². The molecule has 0 atom stereocenters. The molecule has 25 heavy (non-hydrogen) atoms. The Morgan fingerprint density at radius 3 is 2.12 bits per heavy atom. The molecule has 3 rings (SSSR count). The maximum Gasteiger partial charge on any atom is 0.265 e. The molecule has 0 bridgehead atoms. The molecule has 1 aliphatic carbocycles. The van der Waals surface area contributed by atoms with Gasteiger partial charge in [-0.05, 0) is 62.0 Å². The maximum absolute atomic E-state index is 12.9. The van der Waals surface area contributed by atoms with E-state index in [9.17, 15) is 9.59 Å². The van der Waals surface area contributed by atoms with Gasteiger partial charge in [0.05, 0.1) is 0 Å². The van der Waals surface area contributed by atoms with Gasteiger partial charge in [-0.1, -0.05) is 36.4 Å². The monoisotopic (exact) mass is 354 g/mol. The Hall–Kier alpha value is -2.27. The van der Waals surface area contributed by atoms with E-state index in [4.69, 9.17) is 12.2 Å². The summed E-state index contributed by atoms with van der Waals surface area (Å²) in [6, 6.07) is 10.1. The van der Waals surface area contributed by atoms with Crippen molar-refractivity contribution >= 4 is 34.7 Å². The lowest BCUT2D eigenvalue weighted by Gasteiger charge is -2.36. The number of nitrogens with zero attached hydrogens (tertiary/aromatic N) is 2. The molecule has 1 aromatic carbocycles. The van der Waals surface area contributed by atoms with Gasteiger partial charge >= 0.3 is 0 Å². The molecule has 1 fully saturated rings. The van der Waals surface area contributed by atoms with Crippen LogP contribution in [0.4, 0.5) is 0 Å². The zero-order valence-electron chi connectivity index (χ0n) is 14.6. The first-order chi connectivity index (χ1) is 12.1. The average molecular weight is 354 g/mol. The second kappa shape index (κ2) is 7.31. The molecule has 4 nitrogen and oxygen atoms in total. The van der Waals surface area contributed by atoms with Crippen LogP contribution in [0.15, 0.2) is 47.6 Å². The summed E-state index contributed by atoms with van der Waals surface area (Å²) in [4.78, 5) is 28.8. The summed E-state index contributed by atoms with van der Waals surface area (Å²) < 4.78 is 0. The molecule has 1 saturated heterocycles. The van der Waals surface area contributed by atoms with Crippen LogP contribution in [0.3, 0.4) is 0 Å². The predicted molar refractivity (Wildman–Crippen MR) is 103 cm³/mol. The SMILES string of the molecule is CCN1C(=O)C(=C2C=C(c3ccccc3)CCC2)C(=O)N(CC)C1=S. The fraction of sp³-hybridized carbons (Fsp3) is 0.350. The van der Waals surface area contributed by atoms with Crippen molar-refractivity contribution in [2.75, 3.05) is 13.1 Å². The van der Waals surface area contributed by atoms with Crippen LogP contribution in [-0.4, -0.2) is 39.8 Å². The molecule has 2 aliphatic rings. The number of thiocarbonyl (C=S) groups is 1. The van der Waals surface area contributed by atoms with Crippen LogP contribution in [0.5, 0.6) is 0 Å². The number of hydrogen-bond donors (Lipinski definition) is 0. The number of rotatable bonds is 3. The smallest absolute Gasteiger partial charge is 0.265 e. The molecule has 1 aliphatic heterocycles. The van der Waals surface area contributed by atoms with E-state index in [1.807, 2.05) is 38.1 Å². The number of allylic oxidation sites excluding steroid dienone is 3. The van der Waals surface area contributed by atoms with E-state index in [0.29, 0.717) is 18.2 Å². The van der Waals surface area contributed by atoms with Crippen molar-refractivity contribution in [3.8, 4) is 0 Å². The Morgan fingerprint density at radius 1 is 0.960 bits per heavy atom. The Balaban J connectivity index is 2.08. The minimum absolute atomic E-state index is 0.261. The zero-order valence-corrected chi connectivity index (χ0v) is 15.4. The molecule has 0 radical (unpaired) electrons. The third-order valence-corrected chi connectivity index (χ3v) is 5.16. The minimum atomic E-state index is -0.261. The van der Waals surface area contributed by atoms with Crippen LogP contribution in [0.2, 0.25) is 0 Å². The van der Waals surface area contributed by atoms with E-state index in [2.05, 4.69) is 12.1 Å². The van der Waals surface area contributed by atoms with E-state index in [0.717, 1.165) is 30.4 Å². The summed E-state index contributed by atoms with van der Waals surface area (Å²) in [5.74, 6) is -0.523. The first-order valence-corrected chi connectivity index (χ1v) is 9.16. The number of carbonyl (C=O) groups excluding carboxylic acids is 2. The van der Waals surface area contributed by atoms with Crippen LogP contribution < -0.4 is 0 Å². The Labute approximate surface area is 153 Å². The number of likely N-dealkylation sites (N-methyl/N-ethyl adjacent to an activating group) is 2. The van der Waals surface area contributed by atoms with E-state index in [-0.39, 0.29) is 17.4 Å². The van der Waals surface area contributed by atoms with Crippen LogP contribution in [0.25, 0.3) is 5.57 Å². The summed E-state index contributed by atoms with van der Waals surface area (Å²) >= 11 is 5.33. The van der Waals surface area contributed by atoms with Gasteiger partial charge in [0, 0.05) is 13.1 Å². The summed E-state index contributed by atoms with van der Waals surface area (Å²) in [6.07, 6.45) is 4.66. The first-order valence-electron chi connectivity index (χ1n) is 8.75. The fourth-order valence-corrected chi connectivity index (χ4v) is 3.84. The minimum Gasteiger partial charge on any atom is -0.285 e. The molecule has 0 spiro atoms. The van der Waals surface area contributed by atoms with Crippen molar-refractivity contribution in [1.29, 1.82) is 0 Å². The molecule has 130 valence electrons. The van der Waals surface area contributed by atoms with Gasteiger partial charge in [-0.3, -0.25) is 19.4 Å². The van der Waals surface area contributed by atoms with Gasteiger partial charge in [-0.15, -0.1) is 0 Å². The Kier molecular flexibility index (Phi) is 5.13. The maximum atomic E-state index is 12.9. The molecule has 0 aromatic heterocycles. The molecule has 0 unspecified atom stereocenters. The van der Waals surface area contributed by atoms with Gasteiger partial charge in [0.25, 0.3) is 11.8 Å². The van der Waals surface area contributed by atoms with Crippen LogP contribution >= 0.6 is 12.2 Å². The third-order valence-electron chi connectivity index (χ3n) is 4.72. The highest BCUT2D eigenvalue weighted by Gasteiger charge is 2.39. The van der Waals surface area contributed by atoms with E-state index in [1.54, 1.807) is 0 Å². The zero-order chi connectivity index (χ0) is 18.0. The van der Waals surface area contributed by atoms with Crippen molar-refractivity contribution in [2.24, 2.45) is 0 Å². The van der Waals surface area contributed by atoms with Crippen LogP contribution in [0, 0.1) is 0 Å². The van der Waals surface area contributed by atoms with Crippen molar-refractivity contribution < 1.29 is 9.59 Å². The van der Waals surface area contributed by atoms with E-state index in [1.165, 1.54) is 15.4 Å². The first kappa shape index (κ1) is 17.5. The lowest BCUT2D eigenvalue weighted by molar-refractivity contribution is -0.133. The average Bonchev–Trinajstić information content (AvgIpc) is 2.63. The predicted octanol–water partition coefficient (Wildman–Crippen LogP) is 3.55. The summed E-state index contributed by atoms with van der Waals surface area (Å²) in [5.41, 5.74) is 3.44. The fourth-order valence-electron chi connectivity index (χ4n) is 3.41.